The summed E-state index contributed by atoms with van der Waals surface area (Å²) in [6.45, 7) is 20.2. The molecule has 0 spiro atoms. The van der Waals surface area contributed by atoms with Gasteiger partial charge in [-0.1, -0.05) is 38.1 Å². The van der Waals surface area contributed by atoms with E-state index in [1.165, 1.54) is 11.8 Å². The van der Waals surface area contributed by atoms with Crippen LogP contribution in [0.5, 0.6) is 0 Å². The van der Waals surface area contributed by atoms with E-state index < -0.39 is 0 Å². The van der Waals surface area contributed by atoms with Crippen LogP contribution >= 0.6 is 0 Å². The van der Waals surface area contributed by atoms with Crippen molar-refractivity contribution in [1.29, 1.82) is 0 Å². The van der Waals surface area contributed by atoms with Crippen LogP contribution in [0.1, 0.15) is 39.1 Å². The van der Waals surface area contributed by atoms with Crippen LogP contribution in [-0.2, 0) is 27.4 Å². The minimum atomic E-state index is -0.324. The molecule has 0 aliphatic rings. The molecular formula is C23H46N10O3. The smallest absolute Gasteiger partial charge is 0.327 e. The molecule has 0 atom stereocenters. The maximum Gasteiger partial charge on any atom is 0.327 e. The van der Waals surface area contributed by atoms with Crippen molar-refractivity contribution in [3.05, 3.63) is 23.8 Å². The van der Waals surface area contributed by atoms with Crippen LogP contribution < -0.4 is 11.1 Å². The fourth-order valence-electron chi connectivity index (χ4n) is 2.96. The van der Waals surface area contributed by atoms with E-state index in [-0.39, 0.29) is 25.0 Å². The number of carbonyl (C=O) groups excluding carboxylic acids is 2. The van der Waals surface area contributed by atoms with Crippen molar-refractivity contribution >= 4 is 11.9 Å². The number of carbonyl (C=O) groups is 2. The highest BCUT2D eigenvalue weighted by atomic mass is 16.5. The summed E-state index contributed by atoms with van der Waals surface area (Å²) >= 11 is 0. The second kappa shape index (κ2) is 20.3. The Morgan fingerprint density at radius 1 is 0.889 bits per heavy atom. The number of esters is 1. The summed E-state index contributed by atoms with van der Waals surface area (Å²) in [6, 6.07) is 0. The molecule has 0 bridgehead atoms. The van der Waals surface area contributed by atoms with Crippen molar-refractivity contribution in [2.24, 2.45) is 5.73 Å². The van der Waals surface area contributed by atoms with Crippen LogP contribution in [0.4, 0.5) is 0 Å². The number of rotatable bonds is 13. The van der Waals surface area contributed by atoms with Gasteiger partial charge in [0, 0.05) is 38.6 Å². The van der Waals surface area contributed by atoms with E-state index in [0.717, 1.165) is 57.2 Å². The Morgan fingerprint density at radius 2 is 1.36 bits per heavy atom. The Balaban J connectivity index is 0.000000555. The standard InChI is InChI=1S/C11H21N5O.C6H9N3O2.C6H16N2/c1-4-15(5-2)7-6-12-11(17)9-16-8-10(3)13-14-16;1-5-3-9(8-7-5)4-6(10)11-2;1-3-8(4-2)6-5-7/h8H,4-7,9H2,1-3H3,(H,12,17);3H,4H2,1-2H3;3-7H2,1-2H3. The monoisotopic (exact) mass is 510 g/mol. The lowest BCUT2D eigenvalue weighted by Crippen LogP contribution is -2.36. The first-order valence-corrected chi connectivity index (χ1v) is 12.4. The Bertz CT molecular complexity index is 832. The summed E-state index contributed by atoms with van der Waals surface area (Å²) in [6.07, 6.45) is 3.43. The first kappa shape index (κ1) is 33.1. The number of nitrogens with one attached hydrogen (secondary N) is 1. The lowest BCUT2D eigenvalue weighted by molar-refractivity contribution is -0.141. The number of methoxy groups -OCH3 is 1. The van der Waals surface area contributed by atoms with Gasteiger partial charge >= 0.3 is 5.97 Å². The fourth-order valence-corrected chi connectivity index (χ4v) is 2.96. The minimum absolute atomic E-state index is 0.0259. The Kier molecular flexibility index (Phi) is 18.7. The van der Waals surface area contributed by atoms with Gasteiger partial charge in [-0.3, -0.25) is 9.59 Å². The van der Waals surface area contributed by atoms with Gasteiger partial charge in [-0.25, -0.2) is 9.36 Å². The molecule has 0 fully saturated rings. The summed E-state index contributed by atoms with van der Waals surface area (Å²) in [7, 11) is 1.34. The van der Waals surface area contributed by atoms with Crippen LogP contribution in [0.15, 0.2) is 12.4 Å². The van der Waals surface area contributed by atoms with Gasteiger partial charge in [0.05, 0.1) is 18.5 Å². The van der Waals surface area contributed by atoms with Gasteiger partial charge in [0.2, 0.25) is 5.91 Å². The third kappa shape index (κ3) is 15.9. The van der Waals surface area contributed by atoms with Gasteiger partial charge in [0.1, 0.15) is 13.1 Å². The Morgan fingerprint density at radius 3 is 1.72 bits per heavy atom. The fraction of sp³-hybridized carbons (Fsp3) is 0.739. The summed E-state index contributed by atoms with van der Waals surface area (Å²) in [5.41, 5.74) is 6.95. The third-order valence-corrected chi connectivity index (χ3v) is 5.12. The lowest BCUT2D eigenvalue weighted by atomic mass is 10.4. The molecule has 2 aromatic heterocycles. The van der Waals surface area contributed by atoms with Crippen LogP contribution in [0, 0.1) is 13.8 Å². The Hall–Kier alpha value is -2.90. The predicted molar refractivity (Wildman–Crippen MR) is 139 cm³/mol. The van der Waals surface area contributed by atoms with Crippen molar-refractivity contribution < 1.29 is 14.3 Å². The number of aryl methyl sites for hydroxylation is 2. The summed E-state index contributed by atoms with van der Waals surface area (Å²) in [5, 5.41) is 17.9. The summed E-state index contributed by atoms with van der Waals surface area (Å²) < 4.78 is 7.41. The summed E-state index contributed by atoms with van der Waals surface area (Å²) in [5.74, 6) is -0.350. The lowest BCUT2D eigenvalue weighted by Gasteiger charge is -2.17. The molecule has 13 heteroatoms. The molecule has 0 saturated heterocycles. The zero-order valence-corrected chi connectivity index (χ0v) is 23.1. The molecule has 36 heavy (non-hydrogen) atoms. The molecule has 1 amide bonds. The molecule has 0 aromatic carbocycles. The van der Waals surface area contributed by atoms with E-state index in [0.29, 0.717) is 6.54 Å². The average Bonchev–Trinajstić information content (AvgIpc) is 3.47. The molecule has 0 aliphatic heterocycles. The van der Waals surface area contributed by atoms with Gasteiger partial charge in [-0.2, -0.15) is 0 Å². The second-order valence-electron chi connectivity index (χ2n) is 7.88. The maximum atomic E-state index is 11.6. The summed E-state index contributed by atoms with van der Waals surface area (Å²) in [4.78, 5) is 26.8. The third-order valence-electron chi connectivity index (χ3n) is 5.12. The van der Waals surface area contributed by atoms with Crippen molar-refractivity contribution in [3.63, 3.8) is 0 Å². The van der Waals surface area contributed by atoms with E-state index in [4.69, 9.17) is 5.73 Å². The molecular weight excluding hydrogens is 464 g/mol. The van der Waals surface area contributed by atoms with Crippen molar-refractivity contribution in [2.75, 3.05) is 59.5 Å². The van der Waals surface area contributed by atoms with E-state index in [1.807, 2.05) is 6.92 Å². The topological polar surface area (TPSA) is 149 Å². The number of hydrogen-bond donors (Lipinski definition) is 2. The first-order chi connectivity index (χ1) is 17.2. The first-order valence-electron chi connectivity index (χ1n) is 12.4. The molecule has 0 saturated carbocycles. The zero-order valence-electron chi connectivity index (χ0n) is 23.1. The van der Waals surface area contributed by atoms with Gasteiger partial charge in [0.25, 0.3) is 0 Å². The molecule has 13 nitrogen and oxygen atoms in total. The van der Waals surface area contributed by atoms with Crippen LogP contribution in [0.3, 0.4) is 0 Å². The number of nitrogens with two attached hydrogens (primary N) is 1. The number of likely N-dealkylation sites (N-methyl/N-ethyl adjacent to an activating group) is 2. The van der Waals surface area contributed by atoms with Gasteiger partial charge in [-0.15, -0.1) is 10.2 Å². The van der Waals surface area contributed by atoms with E-state index >= 15 is 0 Å². The number of aromatic nitrogens is 6. The molecule has 2 heterocycles. The number of hydrogen-bond acceptors (Lipinski definition) is 10. The number of nitrogens with zero attached hydrogens (tertiary/aromatic N) is 8. The number of amides is 1. The molecule has 0 aliphatic carbocycles. The van der Waals surface area contributed by atoms with E-state index in [2.05, 4.69) is 68.2 Å². The highest BCUT2D eigenvalue weighted by molar-refractivity contribution is 5.75. The van der Waals surface area contributed by atoms with Gasteiger partial charge in [-0.05, 0) is 40.0 Å². The maximum absolute atomic E-state index is 11.6. The number of ether oxygens (including phenoxy) is 1. The van der Waals surface area contributed by atoms with Crippen LogP contribution in [0.2, 0.25) is 0 Å². The molecule has 0 unspecified atom stereocenters. The van der Waals surface area contributed by atoms with E-state index in [9.17, 15) is 9.59 Å². The SMILES string of the molecule is CCN(CC)CCN.CCN(CC)CCNC(=O)Cn1cc(C)nn1.COC(=O)Cn1cc(C)nn1. The molecule has 2 aromatic rings. The minimum Gasteiger partial charge on any atom is -0.468 e. The van der Waals surface area contributed by atoms with Crippen molar-refractivity contribution in [2.45, 2.75) is 54.6 Å². The highest BCUT2D eigenvalue weighted by Crippen LogP contribution is 1.90. The predicted octanol–water partition coefficient (Wildman–Crippen LogP) is 0.0909. The van der Waals surface area contributed by atoms with Gasteiger partial charge in [0.15, 0.2) is 0 Å². The normalized spacial score (nSPS) is 10.4. The highest BCUT2D eigenvalue weighted by Gasteiger charge is 2.05. The second-order valence-corrected chi connectivity index (χ2v) is 7.88. The van der Waals surface area contributed by atoms with Crippen LogP contribution in [-0.4, -0.2) is 111 Å². The van der Waals surface area contributed by atoms with Gasteiger partial charge < -0.3 is 25.6 Å². The quantitative estimate of drug-likeness (QED) is 0.355. The molecule has 206 valence electrons. The van der Waals surface area contributed by atoms with Crippen molar-refractivity contribution in [3.8, 4) is 0 Å². The molecule has 0 radical (unpaired) electrons. The van der Waals surface area contributed by atoms with Crippen LogP contribution in [0.25, 0.3) is 0 Å². The molecule has 2 rings (SSSR count). The van der Waals surface area contributed by atoms with Crippen molar-refractivity contribution in [1.82, 2.24) is 45.1 Å². The average molecular weight is 511 g/mol. The largest absolute Gasteiger partial charge is 0.468 e. The zero-order chi connectivity index (χ0) is 27.3. The van der Waals surface area contributed by atoms with E-state index in [1.54, 1.807) is 24.0 Å². The molecule has 3 N–H and O–H groups in total. The Labute approximate surface area is 215 Å².